The van der Waals surface area contributed by atoms with E-state index in [0.29, 0.717) is 0 Å². The van der Waals surface area contributed by atoms with Gasteiger partial charge in [0.25, 0.3) is 0 Å². The first-order valence-corrected chi connectivity index (χ1v) is 8.13. The molecule has 0 aliphatic rings. The summed E-state index contributed by atoms with van der Waals surface area (Å²) in [6, 6.07) is 12.1. The van der Waals surface area contributed by atoms with Crippen LogP contribution in [0.4, 0.5) is 5.69 Å². The summed E-state index contributed by atoms with van der Waals surface area (Å²) in [5.74, 6) is 0.0411. The molecular weight excluding hydrogens is 328 g/mol. The van der Waals surface area contributed by atoms with Gasteiger partial charge in [-0.1, -0.05) is 41.4 Å². The molecule has 2 aromatic carbocycles. The Morgan fingerprint density at radius 1 is 1.19 bits per heavy atom. The quantitative estimate of drug-likeness (QED) is 0.763. The van der Waals surface area contributed by atoms with Gasteiger partial charge in [0.15, 0.2) is 0 Å². The fraction of sp³-hybridized carbons (Fsp3) is 0.353. The largest absolute Gasteiger partial charge is 0.374 e. The predicted molar refractivity (Wildman–Crippen MR) is 92.7 cm³/mol. The number of carbonyl (C=O) groups is 1. The highest BCUT2D eigenvalue weighted by Crippen LogP contribution is 2.23. The lowest BCUT2D eigenvalue weighted by Crippen LogP contribution is -2.37. The molecule has 4 heteroatoms. The Kier molecular flexibility index (Phi) is 5.62. The van der Waals surface area contributed by atoms with E-state index in [4.69, 9.17) is 0 Å². The molecule has 0 aliphatic heterocycles. The molecule has 0 saturated carbocycles. The molecule has 3 nitrogen and oxygen atoms in total. The first-order chi connectivity index (χ1) is 10.1. The van der Waals surface area contributed by atoms with E-state index in [9.17, 15) is 4.79 Å². The minimum atomic E-state index is -0.241. The molecule has 2 rings (SSSR count). The molecule has 1 unspecified atom stereocenters. The lowest BCUT2D eigenvalue weighted by molar-refractivity contribution is -0.121. The van der Waals surface area contributed by atoms with Crippen molar-refractivity contribution in [1.29, 1.82) is 0 Å². The molecule has 0 spiro atoms. The maximum Gasteiger partial charge on any atom is 0.242 e. The predicted octanol–water partition coefficient (Wildman–Crippen LogP) is 4.32. The molecule has 2 aromatic rings. The van der Waals surface area contributed by atoms with Crippen molar-refractivity contribution in [3.8, 4) is 0 Å². The minimum absolute atomic E-state index is 0.0411. The normalized spacial score (nSPS) is 12.1. The lowest BCUT2D eigenvalue weighted by atomic mass is 10.1. The average Bonchev–Trinajstić information content (AvgIpc) is 2.47. The fourth-order valence-corrected chi connectivity index (χ4v) is 2.54. The first kappa shape index (κ1) is 15.8. The second kappa shape index (κ2) is 7.46. The van der Waals surface area contributed by atoms with Gasteiger partial charge in [0, 0.05) is 16.7 Å². The van der Waals surface area contributed by atoms with E-state index < -0.39 is 0 Å². The monoisotopic (exact) mass is 348 g/mol. The number of hydrogen-bond acceptors (Lipinski definition) is 2. The van der Waals surface area contributed by atoms with E-state index in [1.807, 2.05) is 19.1 Å². The molecule has 1 atom stereocenters. The van der Waals surface area contributed by atoms with Gasteiger partial charge < -0.3 is 10.6 Å². The number of unbranched alkanes of at least 4 members (excludes halogenated alkanes) is 1. The molecule has 0 fully saturated rings. The smallest absolute Gasteiger partial charge is 0.242 e. The van der Waals surface area contributed by atoms with Crippen LogP contribution in [0.25, 0.3) is 10.8 Å². The number of fused-ring (bicyclic) bond motifs is 1. The van der Waals surface area contributed by atoms with E-state index in [1.165, 1.54) is 5.39 Å². The van der Waals surface area contributed by atoms with Crippen LogP contribution in [0.5, 0.6) is 0 Å². The molecule has 112 valence electrons. The maximum absolute atomic E-state index is 12.0. The first-order valence-electron chi connectivity index (χ1n) is 7.33. The zero-order valence-electron chi connectivity index (χ0n) is 12.4. The van der Waals surface area contributed by atoms with Gasteiger partial charge in [0.05, 0.1) is 0 Å². The van der Waals surface area contributed by atoms with Gasteiger partial charge in [-0.05, 0) is 48.4 Å². The number of amides is 1. The van der Waals surface area contributed by atoms with E-state index in [2.05, 4.69) is 57.8 Å². The SMILES string of the molecule is CCCCNC(=O)C(C)Nc1ccc2cc(Br)ccc2c1. The Bertz CT molecular complexity index is 627. The molecule has 0 heterocycles. The van der Waals surface area contributed by atoms with Crippen LogP contribution in [0.1, 0.15) is 26.7 Å². The van der Waals surface area contributed by atoms with Crippen LogP contribution in [0.3, 0.4) is 0 Å². The van der Waals surface area contributed by atoms with Crippen LogP contribution in [0, 0.1) is 0 Å². The van der Waals surface area contributed by atoms with Crippen molar-refractivity contribution in [2.24, 2.45) is 0 Å². The second-order valence-electron chi connectivity index (χ2n) is 5.22. The summed E-state index contributed by atoms with van der Waals surface area (Å²) in [5.41, 5.74) is 0.961. The highest BCUT2D eigenvalue weighted by Gasteiger charge is 2.11. The van der Waals surface area contributed by atoms with E-state index in [-0.39, 0.29) is 11.9 Å². The zero-order chi connectivity index (χ0) is 15.2. The Morgan fingerprint density at radius 2 is 1.90 bits per heavy atom. The summed E-state index contributed by atoms with van der Waals surface area (Å²) < 4.78 is 1.07. The van der Waals surface area contributed by atoms with E-state index >= 15 is 0 Å². The lowest BCUT2D eigenvalue weighted by Gasteiger charge is -2.15. The summed E-state index contributed by atoms with van der Waals surface area (Å²) in [7, 11) is 0. The standard InChI is InChI=1S/C17H21BrN2O/c1-3-4-9-19-17(21)12(2)20-16-8-6-13-10-15(18)7-5-14(13)11-16/h5-8,10-12,20H,3-4,9H2,1-2H3,(H,19,21). The van der Waals surface area contributed by atoms with Crippen molar-refractivity contribution in [2.75, 3.05) is 11.9 Å². The average molecular weight is 349 g/mol. The second-order valence-corrected chi connectivity index (χ2v) is 6.13. The van der Waals surface area contributed by atoms with Crippen LogP contribution in [-0.4, -0.2) is 18.5 Å². The summed E-state index contributed by atoms with van der Waals surface area (Å²) in [6.07, 6.45) is 2.10. The van der Waals surface area contributed by atoms with Crippen LogP contribution >= 0.6 is 15.9 Å². The van der Waals surface area contributed by atoms with Gasteiger partial charge in [-0.15, -0.1) is 0 Å². The number of benzene rings is 2. The zero-order valence-corrected chi connectivity index (χ0v) is 14.0. The molecule has 0 radical (unpaired) electrons. The van der Waals surface area contributed by atoms with Gasteiger partial charge in [0.1, 0.15) is 6.04 Å². The third-order valence-electron chi connectivity index (χ3n) is 3.41. The number of carbonyl (C=O) groups excluding carboxylic acids is 1. The van der Waals surface area contributed by atoms with Crippen molar-refractivity contribution >= 4 is 38.3 Å². The summed E-state index contributed by atoms with van der Waals surface area (Å²) in [5, 5.41) is 8.52. The van der Waals surface area contributed by atoms with E-state index in [1.54, 1.807) is 0 Å². The van der Waals surface area contributed by atoms with Gasteiger partial charge >= 0.3 is 0 Å². The minimum Gasteiger partial charge on any atom is -0.374 e. The number of rotatable bonds is 6. The van der Waals surface area contributed by atoms with Crippen molar-refractivity contribution in [3.05, 3.63) is 40.9 Å². The number of anilines is 1. The third kappa shape index (κ3) is 4.46. The molecule has 0 aliphatic carbocycles. The fourth-order valence-electron chi connectivity index (χ4n) is 2.16. The Hall–Kier alpha value is -1.55. The van der Waals surface area contributed by atoms with E-state index in [0.717, 1.165) is 34.9 Å². The number of hydrogen-bond donors (Lipinski definition) is 2. The van der Waals surface area contributed by atoms with Gasteiger partial charge in [-0.2, -0.15) is 0 Å². The highest BCUT2D eigenvalue weighted by atomic mass is 79.9. The molecule has 1 amide bonds. The van der Waals surface area contributed by atoms with Crippen LogP contribution in [0.15, 0.2) is 40.9 Å². The maximum atomic E-state index is 12.0. The molecule has 0 aromatic heterocycles. The van der Waals surface area contributed by atoms with Crippen LogP contribution in [0.2, 0.25) is 0 Å². The third-order valence-corrected chi connectivity index (χ3v) is 3.90. The Morgan fingerprint density at radius 3 is 2.67 bits per heavy atom. The Labute approximate surface area is 134 Å². The molecular formula is C17H21BrN2O. The van der Waals surface area contributed by atoms with Crippen LogP contribution < -0.4 is 10.6 Å². The summed E-state index contributed by atoms with van der Waals surface area (Å²) in [4.78, 5) is 12.0. The summed E-state index contributed by atoms with van der Waals surface area (Å²) >= 11 is 3.47. The van der Waals surface area contributed by atoms with Gasteiger partial charge in [-0.25, -0.2) is 0 Å². The van der Waals surface area contributed by atoms with Crippen molar-refractivity contribution in [1.82, 2.24) is 5.32 Å². The van der Waals surface area contributed by atoms with Crippen molar-refractivity contribution in [2.45, 2.75) is 32.7 Å². The number of nitrogens with one attached hydrogen (secondary N) is 2. The van der Waals surface area contributed by atoms with Gasteiger partial charge in [-0.3, -0.25) is 4.79 Å². The topological polar surface area (TPSA) is 41.1 Å². The van der Waals surface area contributed by atoms with Gasteiger partial charge in [0.2, 0.25) is 5.91 Å². The Balaban J connectivity index is 2.02. The summed E-state index contributed by atoms with van der Waals surface area (Å²) in [6.45, 7) is 4.74. The molecule has 2 N–H and O–H groups in total. The molecule has 0 saturated heterocycles. The molecule has 0 bridgehead atoms. The van der Waals surface area contributed by atoms with Crippen LogP contribution in [-0.2, 0) is 4.79 Å². The molecule has 21 heavy (non-hydrogen) atoms. The highest BCUT2D eigenvalue weighted by molar-refractivity contribution is 9.10. The number of halogens is 1. The van der Waals surface area contributed by atoms with Crippen molar-refractivity contribution in [3.63, 3.8) is 0 Å². The van der Waals surface area contributed by atoms with Crippen molar-refractivity contribution < 1.29 is 4.79 Å².